The third-order valence-corrected chi connectivity index (χ3v) is 2.31. The first kappa shape index (κ1) is 11.3. The molecule has 0 spiro atoms. The number of H-pyrrole nitrogens is 1. The number of aromatic amines is 1. The molecule has 0 radical (unpaired) electrons. The fourth-order valence-corrected chi connectivity index (χ4v) is 1.47. The summed E-state index contributed by atoms with van der Waals surface area (Å²) < 4.78 is 4.93. The number of rotatable bonds is 3. The van der Waals surface area contributed by atoms with Gasteiger partial charge < -0.3 is 4.74 Å². The van der Waals surface area contributed by atoms with Crippen molar-refractivity contribution in [1.29, 1.82) is 0 Å². The number of carbonyl (C=O) groups is 1. The normalized spacial score (nSPS) is 10.2. The molecule has 2 rings (SSSR count). The highest BCUT2D eigenvalue weighted by Crippen LogP contribution is 2.20. The number of aryl methyl sites for hydroxylation is 1. The smallest absolute Gasteiger partial charge is 0.357 e. The second-order valence-electron chi connectivity index (χ2n) is 3.60. The van der Waals surface area contributed by atoms with Crippen molar-refractivity contribution in [2.24, 2.45) is 0 Å². The Bertz CT molecular complexity index is 517. The van der Waals surface area contributed by atoms with Gasteiger partial charge >= 0.3 is 5.97 Å². The zero-order valence-corrected chi connectivity index (χ0v) is 9.73. The average Bonchev–Trinajstić information content (AvgIpc) is 2.79. The Kier molecular flexibility index (Phi) is 3.18. The predicted octanol–water partition coefficient (Wildman–Crippen LogP) is 1.96. The van der Waals surface area contributed by atoms with Gasteiger partial charge in [0.15, 0.2) is 5.69 Å². The van der Waals surface area contributed by atoms with Crippen molar-refractivity contribution in [3.8, 4) is 11.3 Å². The van der Waals surface area contributed by atoms with E-state index >= 15 is 0 Å². The third kappa shape index (κ3) is 2.33. The molecule has 2 aromatic rings. The molecule has 0 bridgehead atoms. The van der Waals surface area contributed by atoms with E-state index in [1.165, 1.54) is 0 Å². The molecule has 88 valence electrons. The van der Waals surface area contributed by atoms with Crippen LogP contribution in [0.25, 0.3) is 11.3 Å². The van der Waals surface area contributed by atoms with Crippen molar-refractivity contribution < 1.29 is 9.53 Å². The number of esters is 1. The molecule has 0 unspecified atom stereocenters. The summed E-state index contributed by atoms with van der Waals surface area (Å²) in [5, 5.41) is 6.50. The number of nitrogens with one attached hydrogen (secondary N) is 1. The standard InChI is InChI=1S/C12H13N3O2/c1-3-17-12(16)11-9(7-14-15-11)10-5-4-8(2)6-13-10/h4-7H,3H2,1-2H3,(H,14,15). The zero-order valence-electron chi connectivity index (χ0n) is 9.73. The van der Waals surface area contributed by atoms with Crippen molar-refractivity contribution in [1.82, 2.24) is 15.2 Å². The maximum atomic E-state index is 11.6. The number of aromatic nitrogens is 3. The molecule has 2 heterocycles. The molecule has 0 fully saturated rings. The molecule has 17 heavy (non-hydrogen) atoms. The second-order valence-corrected chi connectivity index (χ2v) is 3.60. The predicted molar refractivity (Wildman–Crippen MR) is 62.5 cm³/mol. The summed E-state index contributed by atoms with van der Waals surface area (Å²) in [5.41, 5.74) is 2.76. The highest BCUT2D eigenvalue weighted by molar-refractivity contribution is 5.94. The largest absolute Gasteiger partial charge is 0.461 e. The minimum Gasteiger partial charge on any atom is -0.461 e. The maximum absolute atomic E-state index is 11.6. The van der Waals surface area contributed by atoms with Crippen molar-refractivity contribution in [2.45, 2.75) is 13.8 Å². The number of carbonyl (C=O) groups excluding carboxylic acids is 1. The first-order chi connectivity index (χ1) is 8.22. The highest BCUT2D eigenvalue weighted by atomic mass is 16.5. The Morgan fingerprint density at radius 2 is 2.24 bits per heavy atom. The van der Waals surface area contributed by atoms with Crippen molar-refractivity contribution >= 4 is 5.97 Å². The third-order valence-electron chi connectivity index (χ3n) is 2.31. The van der Waals surface area contributed by atoms with Crippen molar-refractivity contribution in [3.05, 3.63) is 35.8 Å². The van der Waals surface area contributed by atoms with Gasteiger partial charge in [-0.05, 0) is 25.5 Å². The quantitative estimate of drug-likeness (QED) is 0.820. The van der Waals surface area contributed by atoms with Crippen LogP contribution in [0.1, 0.15) is 23.0 Å². The maximum Gasteiger partial charge on any atom is 0.357 e. The molecule has 5 heteroatoms. The Balaban J connectivity index is 2.36. The van der Waals surface area contributed by atoms with Crippen LogP contribution in [0.15, 0.2) is 24.5 Å². The van der Waals surface area contributed by atoms with Gasteiger partial charge in [0, 0.05) is 6.20 Å². The van der Waals surface area contributed by atoms with Crippen LogP contribution < -0.4 is 0 Å². The summed E-state index contributed by atoms with van der Waals surface area (Å²) in [6.45, 7) is 4.05. The SMILES string of the molecule is CCOC(=O)c1[nH]ncc1-c1ccc(C)cn1. The van der Waals surface area contributed by atoms with E-state index in [0.717, 1.165) is 5.56 Å². The Hall–Kier alpha value is -2.17. The lowest BCUT2D eigenvalue weighted by Gasteiger charge is -2.02. The first-order valence-electron chi connectivity index (χ1n) is 5.36. The summed E-state index contributed by atoms with van der Waals surface area (Å²) in [7, 11) is 0. The van der Waals surface area contributed by atoms with Crippen LogP contribution in [0, 0.1) is 6.92 Å². The van der Waals surface area contributed by atoms with Crippen molar-refractivity contribution in [3.63, 3.8) is 0 Å². The molecule has 0 saturated heterocycles. The number of hydrogen-bond acceptors (Lipinski definition) is 4. The van der Waals surface area contributed by atoms with Gasteiger partial charge in [-0.2, -0.15) is 5.10 Å². The second kappa shape index (κ2) is 4.78. The molecule has 0 aliphatic heterocycles. The van der Waals surface area contributed by atoms with Gasteiger partial charge in [-0.1, -0.05) is 6.07 Å². The van der Waals surface area contributed by atoms with Crippen molar-refractivity contribution in [2.75, 3.05) is 6.61 Å². The fourth-order valence-electron chi connectivity index (χ4n) is 1.47. The fraction of sp³-hybridized carbons (Fsp3) is 0.250. The number of nitrogens with zero attached hydrogens (tertiary/aromatic N) is 2. The Morgan fingerprint density at radius 1 is 1.41 bits per heavy atom. The summed E-state index contributed by atoms with van der Waals surface area (Å²) in [6.07, 6.45) is 3.32. The molecule has 0 saturated carbocycles. The Morgan fingerprint density at radius 3 is 2.88 bits per heavy atom. The molecule has 0 aromatic carbocycles. The van der Waals surface area contributed by atoms with Crippen LogP contribution in [0.4, 0.5) is 0 Å². The van der Waals surface area contributed by atoms with E-state index in [1.807, 2.05) is 19.1 Å². The van der Waals surface area contributed by atoms with Gasteiger partial charge in [-0.15, -0.1) is 0 Å². The van der Waals surface area contributed by atoms with Crippen LogP contribution in [-0.2, 0) is 4.74 Å². The summed E-state index contributed by atoms with van der Waals surface area (Å²) in [5.74, 6) is -0.414. The van der Waals surface area contributed by atoms with Gasteiger partial charge in [0.2, 0.25) is 0 Å². The van der Waals surface area contributed by atoms with Crippen LogP contribution >= 0.6 is 0 Å². The van der Waals surface area contributed by atoms with Gasteiger partial charge in [0.1, 0.15) is 0 Å². The molecule has 1 N–H and O–H groups in total. The number of hydrogen-bond donors (Lipinski definition) is 1. The average molecular weight is 231 g/mol. The van der Waals surface area contributed by atoms with E-state index in [9.17, 15) is 4.79 Å². The lowest BCUT2D eigenvalue weighted by Crippen LogP contribution is -2.06. The van der Waals surface area contributed by atoms with Crippen LogP contribution in [-0.4, -0.2) is 27.8 Å². The first-order valence-corrected chi connectivity index (χ1v) is 5.36. The topological polar surface area (TPSA) is 67.9 Å². The molecule has 0 amide bonds. The molecular weight excluding hydrogens is 218 g/mol. The van der Waals surface area contributed by atoms with Gasteiger partial charge in [0.05, 0.1) is 24.1 Å². The lowest BCUT2D eigenvalue weighted by atomic mass is 10.1. The molecule has 2 aromatic heterocycles. The van der Waals surface area contributed by atoms with Crippen LogP contribution in [0.5, 0.6) is 0 Å². The van der Waals surface area contributed by atoms with E-state index in [4.69, 9.17) is 4.74 Å². The van der Waals surface area contributed by atoms with Crippen LogP contribution in [0.2, 0.25) is 0 Å². The summed E-state index contributed by atoms with van der Waals surface area (Å²) in [6, 6.07) is 3.78. The minimum absolute atomic E-state index is 0.332. The monoisotopic (exact) mass is 231 g/mol. The Labute approximate surface area is 98.8 Å². The van der Waals surface area contributed by atoms with E-state index in [2.05, 4.69) is 15.2 Å². The number of ether oxygens (including phenoxy) is 1. The lowest BCUT2D eigenvalue weighted by molar-refractivity contribution is 0.0520. The molecule has 5 nitrogen and oxygen atoms in total. The minimum atomic E-state index is -0.414. The summed E-state index contributed by atoms with van der Waals surface area (Å²) in [4.78, 5) is 15.9. The molecular formula is C12H13N3O2. The molecule has 0 aliphatic rings. The van der Waals surface area contributed by atoms with E-state index in [0.29, 0.717) is 23.6 Å². The van der Waals surface area contributed by atoms with E-state index in [-0.39, 0.29) is 0 Å². The number of pyridine rings is 1. The van der Waals surface area contributed by atoms with E-state index in [1.54, 1.807) is 19.3 Å². The molecule has 0 atom stereocenters. The highest BCUT2D eigenvalue weighted by Gasteiger charge is 2.16. The molecule has 0 aliphatic carbocycles. The summed E-state index contributed by atoms with van der Waals surface area (Å²) >= 11 is 0. The van der Waals surface area contributed by atoms with Crippen LogP contribution in [0.3, 0.4) is 0 Å². The zero-order chi connectivity index (χ0) is 12.3. The van der Waals surface area contributed by atoms with Gasteiger partial charge in [0.25, 0.3) is 0 Å². The van der Waals surface area contributed by atoms with E-state index < -0.39 is 5.97 Å². The van der Waals surface area contributed by atoms with Gasteiger partial charge in [-0.25, -0.2) is 4.79 Å². The van der Waals surface area contributed by atoms with Gasteiger partial charge in [-0.3, -0.25) is 10.1 Å².